The Bertz CT molecular complexity index is 1810. The number of fused-ring (bicyclic) bond motifs is 1. The molecule has 0 amide bonds. The van der Waals surface area contributed by atoms with Gasteiger partial charge in [0.2, 0.25) is 28.4 Å². The molecule has 0 atom stereocenters. The standard InChI is InChI=1S/C34H32O10/c1-37-24-16-22(23(17-25(24)38-2)42-18-20-12-8-6-9-13-20)29-28(36)27(35)26-30(39-3)32(40-4)34(33(41-5)31(26)44-29)43-19-21-14-10-7-11-15-21/h6-17,36H,18-19H2,1-5H3. The maximum absolute atomic E-state index is 13.9. The second kappa shape index (κ2) is 13.2. The van der Waals surface area contributed by atoms with Gasteiger partial charge in [0.25, 0.3) is 0 Å². The molecule has 0 unspecified atom stereocenters. The SMILES string of the molecule is COc1cc(OCc2ccccc2)c(-c2oc3c(OC)c(OCc4ccccc4)c(OC)c(OC)c3c(=O)c2O)cc1OC. The minimum absolute atomic E-state index is 0.00910. The normalized spacial score (nSPS) is 10.8. The summed E-state index contributed by atoms with van der Waals surface area (Å²) in [4.78, 5) is 13.9. The largest absolute Gasteiger partial charge is 0.502 e. The summed E-state index contributed by atoms with van der Waals surface area (Å²) in [6, 6.07) is 22.2. The summed E-state index contributed by atoms with van der Waals surface area (Å²) in [5, 5.41) is 11.2. The van der Waals surface area contributed by atoms with Crippen LogP contribution in [0.3, 0.4) is 0 Å². The van der Waals surface area contributed by atoms with E-state index in [4.69, 9.17) is 37.6 Å². The van der Waals surface area contributed by atoms with E-state index < -0.39 is 11.2 Å². The van der Waals surface area contributed by atoms with Gasteiger partial charge in [0.15, 0.2) is 28.6 Å². The molecular formula is C34H32O10. The van der Waals surface area contributed by atoms with Gasteiger partial charge < -0.3 is 42.7 Å². The quantitative estimate of drug-likeness (QED) is 0.173. The fourth-order valence-electron chi connectivity index (χ4n) is 4.82. The van der Waals surface area contributed by atoms with Gasteiger partial charge in [0, 0.05) is 6.07 Å². The average molecular weight is 601 g/mol. The fourth-order valence-corrected chi connectivity index (χ4v) is 4.82. The molecule has 0 fully saturated rings. The first-order chi connectivity index (χ1) is 21.4. The number of aromatic hydroxyl groups is 1. The van der Waals surface area contributed by atoms with Crippen LogP contribution >= 0.6 is 0 Å². The summed E-state index contributed by atoms with van der Waals surface area (Å²) in [7, 11) is 7.16. The Hall–Kier alpha value is -5.51. The zero-order valence-corrected chi connectivity index (χ0v) is 25.0. The highest BCUT2D eigenvalue weighted by molar-refractivity contribution is 5.97. The van der Waals surface area contributed by atoms with Crippen LogP contribution in [-0.2, 0) is 13.2 Å². The molecule has 228 valence electrons. The second-order valence-corrected chi connectivity index (χ2v) is 9.49. The van der Waals surface area contributed by atoms with Crippen LogP contribution < -0.4 is 38.6 Å². The van der Waals surface area contributed by atoms with Crippen molar-refractivity contribution in [3.8, 4) is 57.3 Å². The van der Waals surface area contributed by atoms with E-state index in [1.165, 1.54) is 35.5 Å². The number of ether oxygens (including phenoxy) is 7. The molecule has 0 radical (unpaired) electrons. The van der Waals surface area contributed by atoms with Gasteiger partial charge in [-0.3, -0.25) is 4.79 Å². The topological polar surface area (TPSA) is 115 Å². The molecule has 10 nitrogen and oxygen atoms in total. The summed E-state index contributed by atoms with van der Waals surface area (Å²) in [6.07, 6.45) is 0. The summed E-state index contributed by atoms with van der Waals surface area (Å²) >= 11 is 0. The van der Waals surface area contributed by atoms with Crippen molar-refractivity contribution < 1.29 is 42.7 Å². The Morgan fingerprint density at radius 3 is 1.70 bits per heavy atom. The third-order valence-electron chi connectivity index (χ3n) is 6.95. The van der Waals surface area contributed by atoms with Crippen LogP contribution in [0.1, 0.15) is 11.1 Å². The first kappa shape index (κ1) is 30.0. The zero-order valence-electron chi connectivity index (χ0n) is 25.0. The Labute approximate surface area is 253 Å². The molecule has 1 aromatic heterocycles. The molecule has 5 rings (SSSR count). The number of rotatable bonds is 12. The third-order valence-corrected chi connectivity index (χ3v) is 6.95. The van der Waals surface area contributed by atoms with Crippen LogP contribution in [0.4, 0.5) is 0 Å². The van der Waals surface area contributed by atoms with E-state index in [0.717, 1.165) is 11.1 Å². The van der Waals surface area contributed by atoms with E-state index in [-0.39, 0.29) is 64.3 Å². The number of methoxy groups -OCH3 is 5. The van der Waals surface area contributed by atoms with Crippen LogP contribution in [0.5, 0.6) is 46.0 Å². The van der Waals surface area contributed by atoms with Crippen LogP contribution in [0.25, 0.3) is 22.3 Å². The molecule has 0 bridgehead atoms. The predicted molar refractivity (Wildman–Crippen MR) is 164 cm³/mol. The van der Waals surface area contributed by atoms with E-state index in [1.54, 1.807) is 12.1 Å². The predicted octanol–water partition coefficient (Wildman–Crippen LogP) is 6.37. The van der Waals surface area contributed by atoms with E-state index in [2.05, 4.69) is 0 Å². The molecule has 44 heavy (non-hydrogen) atoms. The maximum Gasteiger partial charge on any atom is 0.239 e. The highest BCUT2D eigenvalue weighted by Crippen LogP contribution is 2.52. The second-order valence-electron chi connectivity index (χ2n) is 9.49. The summed E-state index contributed by atoms with van der Waals surface area (Å²) in [5.41, 5.74) is 1.20. The lowest BCUT2D eigenvalue weighted by molar-refractivity contribution is 0.259. The molecule has 5 aromatic rings. The average Bonchev–Trinajstić information content (AvgIpc) is 3.07. The van der Waals surface area contributed by atoms with Crippen LogP contribution in [-0.4, -0.2) is 40.7 Å². The van der Waals surface area contributed by atoms with Gasteiger partial charge in [0.1, 0.15) is 24.3 Å². The Kier molecular flexibility index (Phi) is 8.99. The summed E-state index contributed by atoms with van der Waals surface area (Å²) in [6.45, 7) is 0.345. The van der Waals surface area contributed by atoms with Gasteiger partial charge in [-0.1, -0.05) is 60.7 Å². The van der Waals surface area contributed by atoms with Gasteiger partial charge in [-0.25, -0.2) is 0 Å². The van der Waals surface area contributed by atoms with Crippen molar-refractivity contribution in [3.63, 3.8) is 0 Å². The molecule has 0 aliphatic heterocycles. The van der Waals surface area contributed by atoms with Crippen LogP contribution in [0.2, 0.25) is 0 Å². The summed E-state index contributed by atoms with van der Waals surface area (Å²) < 4.78 is 46.6. The Morgan fingerprint density at radius 2 is 1.16 bits per heavy atom. The lowest BCUT2D eigenvalue weighted by atomic mass is 10.1. The first-order valence-corrected chi connectivity index (χ1v) is 13.6. The number of benzene rings is 4. The minimum atomic E-state index is -0.784. The molecule has 0 spiro atoms. The highest BCUT2D eigenvalue weighted by atomic mass is 16.6. The first-order valence-electron chi connectivity index (χ1n) is 13.6. The Balaban J connectivity index is 1.75. The molecule has 0 aliphatic carbocycles. The minimum Gasteiger partial charge on any atom is -0.502 e. The van der Waals surface area contributed by atoms with Crippen molar-refractivity contribution in [2.24, 2.45) is 0 Å². The fraction of sp³-hybridized carbons (Fsp3) is 0.206. The maximum atomic E-state index is 13.9. The summed E-state index contributed by atoms with van der Waals surface area (Å²) in [5.74, 6) is 0.422. The van der Waals surface area contributed by atoms with Crippen molar-refractivity contribution in [2.45, 2.75) is 13.2 Å². The highest BCUT2D eigenvalue weighted by Gasteiger charge is 2.31. The van der Waals surface area contributed by atoms with Crippen molar-refractivity contribution in [2.75, 3.05) is 35.5 Å². The van der Waals surface area contributed by atoms with E-state index in [9.17, 15) is 9.90 Å². The molecule has 10 heteroatoms. The monoisotopic (exact) mass is 600 g/mol. The molecule has 0 saturated heterocycles. The van der Waals surface area contributed by atoms with Gasteiger partial charge in [-0.2, -0.15) is 0 Å². The Morgan fingerprint density at radius 1 is 0.614 bits per heavy atom. The van der Waals surface area contributed by atoms with Gasteiger partial charge in [0.05, 0.1) is 41.1 Å². The molecular weight excluding hydrogens is 568 g/mol. The van der Waals surface area contributed by atoms with E-state index in [0.29, 0.717) is 11.5 Å². The van der Waals surface area contributed by atoms with Crippen molar-refractivity contribution in [3.05, 3.63) is 94.1 Å². The van der Waals surface area contributed by atoms with Crippen molar-refractivity contribution >= 4 is 11.0 Å². The molecule has 0 aliphatic rings. The van der Waals surface area contributed by atoms with E-state index in [1.807, 2.05) is 60.7 Å². The lowest BCUT2D eigenvalue weighted by Gasteiger charge is -2.20. The third kappa shape index (κ3) is 5.61. The van der Waals surface area contributed by atoms with Gasteiger partial charge in [-0.05, 0) is 17.2 Å². The molecule has 4 aromatic carbocycles. The number of hydrogen-bond donors (Lipinski definition) is 1. The molecule has 1 N–H and O–H groups in total. The van der Waals surface area contributed by atoms with Crippen molar-refractivity contribution in [1.29, 1.82) is 0 Å². The molecule has 0 saturated carbocycles. The zero-order chi connectivity index (χ0) is 31.2. The lowest BCUT2D eigenvalue weighted by Crippen LogP contribution is -2.09. The van der Waals surface area contributed by atoms with Crippen LogP contribution in [0.15, 0.2) is 82.0 Å². The molecule has 1 heterocycles. The van der Waals surface area contributed by atoms with Gasteiger partial charge in [-0.15, -0.1) is 0 Å². The van der Waals surface area contributed by atoms with Crippen LogP contribution in [0, 0.1) is 0 Å². The smallest absolute Gasteiger partial charge is 0.239 e. The van der Waals surface area contributed by atoms with Gasteiger partial charge >= 0.3 is 0 Å². The van der Waals surface area contributed by atoms with Crippen molar-refractivity contribution in [1.82, 2.24) is 0 Å². The van der Waals surface area contributed by atoms with E-state index >= 15 is 0 Å². The number of hydrogen-bond acceptors (Lipinski definition) is 10.